The van der Waals surface area contributed by atoms with E-state index in [1.54, 1.807) is 0 Å². The number of carbonyl (C=O) groups excluding carboxylic acids is 1. The first-order valence-electron chi connectivity index (χ1n) is 15.5. The highest BCUT2D eigenvalue weighted by atomic mass is 16.5. The monoisotopic (exact) mass is 502 g/mol. The van der Waals surface area contributed by atoms with Gasteiger partial charge in [-0.25, -0.2) is 0 Å². The molecular weight excluding hydrogens is 448 g/mol. The maximum absolute atomic E-state index is 11.8. The van der Waals surface area contributed by atoms with Crippen LogP contribution in [-0.2, 0) is 9.53 Å². The molecule has 1 saturated heterocycles. The van der Waals surface area contributed by atoms with Crippen LogP contribution in [0.15, 0.2) is 0 Å². The van der Waals surface area contributed by atoms with E-state index >= 15 is 0 Å². The van der Waals surface area contributed by atoms with Crippen molar-refractivity contribution in [1.29, 1.82) is 0 Å². The van der Waals surface area contributed by atoms with E-state index in [1.165, 1.54) is 84.5 Å². The van der Waals surface area contributed by atoms with Crippen LogP contribution in [0.2, 0.25) is 0 Å². The molecule has 0 aromatic rings. The van der Waals surface area contributed by atoms with Gasteiger partial charge in [0.05, 0.1) is 13.2 Å². The normalized spacial score (nSPS) is 45.5. The van der Waals surface area contributed by atoms with Gasteiger partial charge < -0.3 is 20.1 Å². The molecule has 4 aliphatic carbocycles. The summed E-state index contributed by atoms with van der Waals surface area (Å²) in [4.78, 5) is 14.4. The van der Waals surface area contributed by atoms with Crippen molar-refractivity contribution in [3.63, 3.8) is 0 Å². The Labute approximate surface area is 220 Å². The molecule has 5 nitrogen and oxygen atoms in total. The van der Waals surface area contributed by atoms with Crippen molar-refractivity contribution in [1.82, 2.24) is 10.2 Å². The molecule has 10 atom stereocenters. The van der Waals surface area contributed by atoms with Gasteiger partial charge in [0, 0.05) is 25.6 Å². The lowest BCUT2D eigenvalue weighted by atomic mass is 9.43. The molecule has 1 aliphatic heterocycles. The predicted octanol–water partition coefficient (Wildman–Crippen LogP) is 5.26. The first kappa shape index (κ1) is 26.9. The van der Waals surface area contributed by atoms with Crippen LogP contribution in [0, 0.1) is 46.3 Å². The fourth-order valence-electron chi connectivity index (χ4n) is 10.4. The lowest BCUT2D eigenvalue weighted by molar-refractivity contribution is -0.170. The second kappa shape index (κ2) is 10.8. The number of aliphatic hydroxyl groups is 1. The zero-order valence-corrected chi connectivity index (χ0v) is 23.6. The number of esters is 1. The van der Waals surface area contributed by atoms with Gasteiger partial charge in [-0.15, -0.1) is 0 Å². The Bertz CT molecular complexity index is 769. The molecule has 206 valence electrons. The molecule has 5 fully saturated rings. The van der Waals surface area contributed by atoms with Crippen molar-refractivity contribution >= 4 is 5.97 Å². The van der Waals surface area contributed by atoms with Crippen LogP contribution >= 0.6 is 0 Å². The zero-order chi connectivity index (χ0) is 25.5. The summed E-state index contributed by atoms with van der Waals surface area (Å²) < 4.78 is 4.91. The fourth-order valence-corrected chi connectivity index (χ4v) is 10.4. The number of hydrogen-bond donors (Lipinski definition) is 2. The van der Waals surface area contributed by atoms with Gasteiger partial charge in [0.15, 0.2) is 0 Å². The molecule has 36 heavy (non-hydrogen) atoms. The van der Waals surface area contributed by atoms with E-state index in [0.717, 1.165) is 31.2 Å². The molecule has 0 radical (unpaired) electrons. The van der Waals surface area contributed by atoms with Gasteiger partial charge in [-0.2, -0.15) is 0 Å². The molecule has 5 aliphatic rings. The van der Waals surface area contributed by atoms with Gasteiger partial charge in [0.25, 0.3) is 0 Å². The zero-order valence-electron chi connectivity index (χ0n) is 23.6. The molecule has 2 N–H and O–H groups in total. The molecule has 4 saturated carbocycles. The van der Waals surface area contributed by atoms with Crippen molar-refractivity contribution < 1.29 is 14.6 Å². The van der Waals surface area contributed by atoms with Gasteiger partial charge in [-0.05, 0) is 130 Å². The van der Waals surface area contributed by atoms with Gasteiger partial charge in [0.1, 0.15) is 0 Å². The molecule has 0 aromatic heterocycles. The van der Waals surface area contributed by atoms with Gasteiger partial charge >= 0.3 is 5.97 Å². The topological polar surface area (TPSA) is 61.8 Å². The SMILES string of the molecule is COC(=O)CC[C@H](C)C1CCC2C3CC[C@@H]4C[C@@H](NCCN5CCCC5)CC[C@]4(C)C3C[C@@H](O)[C@@]21C. The third-order valence-corrected chi connectivity index (χ3v) is 12.6. The summed E-state index contributed by atoms with van der Waals surface area (Å²) >= 11 is 0. The van der Waals surface area contributed by atoms with Crippen LogP contribution in [0.25, 0.3) is 0 Å². The first-order valence-corrected chi connectivity index (χ1v) is 15.5. The Kier molecular flexibility index (Phi) is 8.12. The van der Waals surface area contributed by atoms with Gasteiger partial charge in [-0.3, -0.25) is 4.79 Å². The van der Waals surface area contributed by atoms with E-state index in [9.17, 15) is 9.90 Å². The van der Waals surface area contributed by atoms with Crippen LogP contribution < -0.4 is 5.32 Å². The maximum Gasteiger partial charge on any atom is 0.305 e. The largest absolute Gasteiger partial charge is 0.469 e. The standard InChI is InChI=1S/C31H54N2O3/c1-21(7-12-29(35)36-4)25-10-11-26-24-9-8-22-19-23(32-15-18-33-16-5-6-17-33)13-14-30(22,2)27(24)20-28(34)31(25,26)3/h21-28,32,34H,5-20H2,1-4H3/t21-,22+,23-,24?,25?,26?,27?,28+,30-,31+/m0/s1. The minimum absolute atomic E-state index is 0.00816. The van der Waals surface area contributed by atoms with Crippen molar-refractivity contribution in [2.24, 2.45) is 46.3 Å². The van der Waals surface area contributed by atoms with E-state index in [2.05, 4.69) is 31.0 Å². The number of rotatable bonds is 8. The Hall–Kier alpha value is -0.650. The van der Waals surface area contributed by atoms with E-state index in [1.807, 2.05) is 0 Å². The summed E-state index contributed by atoms with van der Waals surface area (Å²) in [6.45, 7) is 12.3. The van der Waals surface area contributed by atoms with Crippen LogP contribution in [0.3, 0.4) is 0 Å². The van der Waals surface area contributed by atoms with Crippen LogP contribution in [0.1, 0.15) is 97.8 Å². The van der Waals surface area contributed by atoms with Crippen LogP contribution in [0.4, 0.5) is 0 Å². The molecule has 1 heterocycles. The minimum atomic E-state index is -0.205. The highest BCUT2D eigenvalue weighted by molar-refractivity contribution is 5.69. The van der Waals surface area contributed by atoms with Crippen molar-refractivity contribution in [3.05, 3.63) is 0 Å². The molecular formula is C31H54N2O3. The highest BCUT2D eigenvalue weighted by Crippen LogP contribution is 2.68. The molecule has 0 spiro atoms. The van der Waals surface area contributed by atoms with E-state index < -0.39 is 0 Å². The predicted molar refractivity (Wildman–Crippen MR) is 144 cm³/mol. The van der Waals surface area contributed by atoms with E-state index in [-0.39, 0.29) is 17.5 Å². The Balaban J connectivity index is 1.21. The summed E-state index contributed by atoms with van der Waals surface area (Å²) in [6.07, 6.45) is 14.1. The third kappa shape index (κ3) is 4.79. The number of likely N-dealkylation sites (tertiary alicyclic amines) is 1. The summed E-state index contributed by atoms with van der Waals surface area (Å²) in [7, 11) is 1.49. The Morgan fingerprint density at radius 3 is 2.61 bits per heavy atom. The molecule has 0 bridgehead atoms. The number of nitrogens with zero attached hydrogens (tertiary/aromatic N) is 1. The number of aliphatic hydroxyl groups excluding tert-OH is 1. The number of carbonyl (C=O) groups is 1. The fraction of sp³-hybridized carbons (Fsp3) is 0.968. The number of hydrogen-bond acceptors (Lipinski definition) is 5. The number of nitrogens with one attached hydrogen (secondary N) is 1. The summed E-state index contributed by atoms with van der Waals surface area (Å²) in [5.41, 5.74) is 0.404. The summed E-state index contributed by atoms with van der Waals surface area (Å²) in [5.74, 6) is 3.79. The highest BCUT2D eigenvalue weighted by Gasteiger charge is 2.63. The maximum atomic E-state index is 11.8. The van der Waals surface area contributed by atoms with Crippen molar-refractivity contribution in [2.75, 3.05) is 33.3 Å². The van der Waals surface area contributed by atoms with Crippen LogP contribution in [0.5, 0.6) is 0 Å². The summed E-state index contributed by atoms with van der Waals surface area (Å²) in [5, 5.41) is 15.7. The average molecular weight is 503 g/mol. The summed E-state index contributed by atoms with van der Waals surface area (Å²) in [6, 6.07) is 0.688. The molecule has 5 rings (SSSR count). The van der Waals surface area contributed by atoms with Crippen molar-refractivity contribution in [2.45, 2.75) is 110 Å². The molecule has 0 aromatic carbocycles. The second-order valence-electron chi connectivity index (χ2n) is 14.0. The second-order valence-corrected chi connectivity index (χ2v) is 14.0. The first-order chi connectivity index (χ1) is 17.3. The number of methoxy groups -OCH3 is 1. The molecule has 4 unspecified atom stereocenters. The van der Waals surface area contributed by atoms with E-state index in [0.29, 0.717) is 41.5 Å². The molecule has 5 heteroatoms. The molecule has 0 amide bonds. The third-order valence-electron chi connectivity index (χ3n) is 12.6. The Morgan fingerprint density at radius 1 is 1.08 bits per heavy atom. The smallest absolute Gasteiger partial charge is 0.305 e. The Morgan fingerprint density at radius 2 is 1.86 bits per heavy atom. The van der Waals surface area contributed by atoms with Crippen LogP contribution in [-0.4, -0.2) is 61.4 Å². The van der Waals surface area contributed by atoms with E-state index in [4.69, 9.17) is 4.74 Å². The minimum Gasteiger partial charge on any atom is -0.469 e. The average Bonchev–Trinajstić information content (AvgIpc) is 3.51. The quantitative estimate of drug-likeness (QED) is 0.444. The van der Waals surface area contributed by atoms with Gasteiger partial charge in [-0.1, -0.05) is 20.8 Å². The number of ether oxygens (including phenoxy) is 1. The lowest BCUT2D eigenvalue weighted by Gasteiger charge is -2.62. The lowest BCUT2D eigenvalue weighted by Crippen LogP contribution is -2.59. The van der Waals surface area contributed by atoms with Gasteiger partial charge in [0.2, 0.25) is 0 Å². The van der Waals surface area contributed by atoms with Crippen molar-refractivity contribution in [3.8, 4) is 0 Å². The number of fused-ring (bicyclic) bond motifs is 5.